The lowest BCUT2D eigenvalue weighted by molar-refractivity contribution is -0.385. The highest BCUT2D eigenvalue weighted by Crippen LogP contribution is 2.26. The third kappa shape index (κ3) is 4.30. The van der Waals surface area contributed by atoms with Crippen molar-refractivity contribution in [1.29, 1.82) is 0 Å². The van der Waals surface area contributed by atoms with E-state index in [1.165, 1.54) is 29.1 Å². The lowest BCUT2D eigenvalue weighted by Gasteiger charge is -2.36. The average Bonchev–Trinajstić information content (AvgIpc) is 3.12. The van der Waals surface area contributed by atoms with E-state index >= 15 is 0 Å². The predicted octanol–water partition coefficient (Wildman–Crippen LogP) is 2.01. The molecule has 9 nitrogen and oxygen atoms in total. The number of aromatic nitrogens is 2. The maximum atomic E-state index is 12.8. The van der Waals surface area contributed by atoms with Gasteiger partial charge in [0, 0.05) is 32.7 Å². The second-order valence-electron chi connectivity index (χ2n) is 7.03. The van der Waals surface area contributed by atoms with Crippen LogP contribution in [0.1, 0.15) is 24.1 Å². The molecule has 0 radical (unpaired) electrons. The number of nitro groups is 1. The van der Waals surface area contributed by atoms with E-state index in [9.17, 15) is 14.9 Å². The van der Waals surface area contributed by atoms with E-state index < -0.39 is 11.0 Å². The molecule has 0 aliphatic carbocycles. The quantitative estimate of drug-likeness (QED) is 0.556. The molecule has 1 aliphatic heterocycles. The van der Waals surface area contributed by atoms with Crippen molar-refractivity contribution in [1.82, 2.24) is 19.6 Å². The van der Waals surface area contributed by atoms with Gasteiger partial charge in [-0.05, 0) is 19.4 Å². The number of amides is 1. The van der Waals surface area contributed by atoms with Gasteiger partial charge in [0.05, 0.1) is 12.0 Å². The van der Waals surface area contributed by atoms with Gasteiger partial charge in [-0.1, -0.05) is 29.8 Å². The standard InChI is InChI=1S/C19H25N5O4/c1-14-5-4-6-16(11-14)12-21-7-9-22(10-8-21)19(25)15(2)23-13-17(24(26)27)18(20-23)28-3/h4-6,11,13,15H,7-10,12H2,1-3H3. The SMILES string of the molecule is COc1nn(C(C)C(=O)N2CCN(Cc3cccc(C)c3)CC2)cc1[N+](=O)[O-]. The maximum Gasteiger partial charge on any atom is 0.350 e. The first kappa shape index (κ1) is 19.8. The number of ether oxygens (including phenoxy) is 1. The average molecular weight is 387 g/mol. The highest BCUT2D eigenvalue weighted by molar-refractivity contribution is 5.80. The van der Waals surface area contributed by atoms with E-state index in [1.54, 1.807) is 11.8 Å². The summed E-state index contributed by atoms with van der Waals surface area (Å²) < 4.78 is 6.24. The maximum absolute atomic E-state index is 12.8. The fourth-order valence-corrected chi connectivity index (χ4v) is 3.41. The molecule has 0 spiro atoms. The molecule has 0 saturated carbocycles. The van der Waals surface area contributed by atoms with Crippen LogP contribution in [-0.2, 0) is 11.3 Å². The Morgan fingerprint density at radius 3 is 2.61 bits per heavy atom. The molecule has 28 heavy (non-hydrogen) atoms. The van der Waals surface area contributed by atoms with Gasteiger partial charge in [0.25, 0.3) is 0 Å². The number of benzene rings is 1. The molecule has 2 aromatic rings. The van der Waals surface area contributed by atoms with E-state index in [4.69, 9.17) is 4.74 Å². The Morgan fingerprint density at radius 2 is 2.04 bits per heavy atom. The number of methoxy groups -OCH3 is 1. The smallest absolute Gasteiger partial charge is 0.350 e. The number of rotatable bonds is 6. The number of piperazine rings is 1. The summed E-state index contributed by atoms with van der Waals surface area (Å²) in [5.74, 6) is -0.192. The van der Waals surface area contributed by atoms with Crippen LogP contribution < -0.4 is 4.74 Å². The van der Waals surface area contributed by atoms with E-state index in [0.717, 1.165) is 19.6 Å². The Hall–Kier alpha value is -2.94. The molecule has 150 valence electrons. The van der Waals surface area contributed by atoms with Crippen molar-refractivity contribution < 1.29 is 14.5 Å². The van der Waals surface area contributed by atoms with Crippen LogP contribution in [0, 0.1) is 17.0 Å². The molecule has 1 fully saturated rings. The highest BCUT2D eigenvalue weighted by Gasteiger charge is 2.29. The van der Waals surface area contributed by atoms with Gasteiger partial charge in [-0.2, -0.15) is 0 Å². The Balaban J connectivity index is 1.59. The van der Waals surface area contributed by atoms with Crippen molar-refractivity contribution in [3.05, 3.63) is 51.7 Å². The van der Waals surface area contributed by atoms with Crippen LogP contribution in [0.15, 0.2) is 30.5 Å². The van der Waals surface area contributed by atoms with Gasteiger partial charge >= 0.3 is 11.6 Å². The first-order valence-corrected chi connectivity index (χ1v) is 9.23. The second-order valence-corrected chi connectivity index (χ2v) is 7.03. The molecule has 1 aromatic heterocycles. The molecule has 1 atom stereocenters. The van der Waals surface area contributed by atoms with Gasteiger partial charge in [0.1, 0.15) is 12.2 Å². The lowest BCUT2D eigenvalue weighted by Crippen LogP contribution is -2.49. The number of hydrogen-bond donors (Lipinski definition) is 0. The van der Waals surface area contributed by atoms with Crippen LogP contribution in [-0.4, -0.2) is 63.7 Å². The Labute approximate surface area is 163 Å². The van der Waals surface area contributed by atoms with Crippen molar-refractivity contribution in [2.45, 2.75) is 26.4 Å². The van der Waals surface area contributed by atoms with Gasteiger partial charge in [-0.15, -0.1) is 5.10 Å². The minimum Gasteiger partial charge on any atom is -0.475 e. The number of aryl methyl sites for hydroxylation is 1. The van der Waals surface area contributed by atoms with Gasteiger partial charge in [0.15, 0.2) is 0 Å². The molecule has 0 bridgehead atoms. The largest absolute Gasteiger partial charge is 0.475 e. The minimum absolute atomic E-state index is 0.0902. The molecule has 1 amide bonds. The Bertz CT molecular complexity index is 858. The summed E-state index contributed by atoms with van der Waals surface area (Å²) in [4.78, 5) is 27.4. The topological polar surface area (TPSA) is 93.7 Å². The number of nitrogens with zero attached hydrogens (tertiary/aromatic N) is 5. The van der Waals surface area contributed by atoms with E-state index in [1.807, 2.05) is 0 Å². The van der Waals surface area contributed by atoms with Gasteiger partial charge < -0.3 is 9.64 Å². The molecule has 9 heteroatoms. The van der Waals surface area contributed by atoms with Crippen LogP contribution in [0.25, 0.3) is 0 Å². The fourth-order valence-electron chi connectivity index (χ4n) is 3.41. The first-order valence-electron chi connectivity index (χ1n) is 9.23. The van der Waals surface area contributed by atoms with Crippen LogP contribution in [0.5, 0.6) is 5.88 Å². The van der Waals surface area contributed by atoms with Gasteiger partial charge in [-0.25, -0.2) is 4.68 Å². The number of carbonyl (C=O) groups is 1. The monoisotopic (exact) mass is 387 g/mol. The molecule has 0 N–H and O–H groups in total. The highest BCUT2D eigenvalue weighted by atomic mass is 16.6. The normalized spacial score (nSPS) is 16.0. The molecular formula is C19H25N5O4. The number of hydrogen-bond acceptors (Lipinski definition) is 6. The van der Waals surface area contributed by atoms with E-state index in [-0.39, 0.29) is 17.5 Å². The van der Waals surface area contributed by atoms with E-state index in [0.29, 0.717) is 13.1 Å². The third-order valence-electron chi connectivity index (χ3n) is 5.00. The summed E-state index contributed by atoms with van der Waals surface area (Å²) in [5.41, 5.74) is 2.26. The summed E-state index contributed by atoms with van der Waals surface area (Å²) in [6.07, 6.45) is 1.25. The van der Waals surface area contributed by atoms with Crippen molar-refractivity contribution in [3.8, 4) is 5.88 Å². The summed E-state index contributed by atoms with van der Waals surface area (Å²) in [5, 5.41) is 15.1. The fraction of sp³-hybridized carbons (Fsp3) is 0.474. The van der Waals surface area contributed by atoms with Crippen LogP contribution in [0.3, 0.4) is 0 Å². The van der Waals surface area contributed by atoms with E-state index in [2.05, 4.69) is 41.2 Å². The van der Waals surface area contributed by atoms with Crippen molar-refractivity contribution in [2.24, 2.45) is 0 Å². The second kappa shape index (κ2) is 8.39. The zero-order valence-electron chi connectivity index (χ0n) is 16.4. The summed E-state index contributed by atoms with van der Waals surface area (Å²) in [6.45, 7) is 7.45. The molecule has 1 unspecified atom stereocenters. The molecule has 1 saturated heterocycles. The molecule has 1 aliphatic rings. The summed E-state index contributed by atoms with van der Waals surface area (Å²) in [6, 6.07) is 7.80. The predicted molar refractivity (Wildman–Crippen MR) is 103 cm³/mol. The molecule has 2 heterocycles. The van der Waals surface area contributed by atoms with Crippen molar-refractivity contribution in [3.63, 3.8) is 0 Å². The molecule has 1 aromatic carbocycles. The zero-order valence-corrected chi connectivity index (χ0v) is 16.4. The van der Waals surface area contributed by atoms with Gasteiger partial charge in [0.2, 0.25) is 5.91 Å². The minimum atomic E-state index is -0.633. The Morgan fingerprint density at radius 1 is 1.32 bits per heavy atom. The van der Waals surface area contributed by atoms with Gasteiger partial charge in [-0.3, -0.25) is 19.8 Å². The molecular weight excluding hydrogens is 362 g/mol. The molecule has 3 rings (SSSR count). The van der Waals surface area contributed by atoms with Crippen molar-refractivity contribution in [2.75, 3.05) is 33.3 Å². The van der Waals surface area contributed by atoms with Crippen molar-refractivity contribution >= 4 is 11.6 Å². The Kier molecular flexibility index (Phi) is 5.93. The van der Waals surface area contributed by atoms with Crippen LogP contribution in [0.4, 0.5) is 5.69 Å². The third-order valence-corrected chi connectivity index (χ3v) is 5.00. The van der Waals surface area contributed by atoms with Crippen LogP contribution in [0.2, 0.25) is 0 Å². The first-order chi connectivity index (χ1) is 13.4. The summed E-state index contributed by atoms with van der Waals surface area (Å²) in [7, 11) is 1.32. The zero-order chi connectivity index (χ0) is 20.3. The lowest BCUT2D eigenvalue weighted by atomic mass is 10.1. The number of carbonyl (C=O) groups excluding carboxylic acids is 1. The summed E-state index contributed by atoms with van der Waals surface area (Å²) >= 11 is 0. The van der Waals surface area contributed by atoms with Crippen LogP contribution >= 0.6 is 0 Å².